The van der Waals surface area contributed by atoms with Gasteiger partial charge in [0, 0.05) is 0 Å². The molecular weight excluding hydrogens is 304 g/mol. The monoisotopic (exact) mass is 318 g/mol. The summed E-state index contributed by atoms with van der Waals surface area (Å²) in [6.07, 6.45) is 3.57. The third-order valence-electron chi connectivity index (χ3n) is 3.82. The van der Waals surface area contributed by atoms with Crippen LogP contribution in [0.1, 0.15) is 16.1 Å². The summed E-state index contributed by atoms with van der Waals surface area (Å²) in [6.45, 7) is 0.541. The molecule has 0 saturated carbocycles. The van der Waals surface area contributed by atoms with Crippen LogP contribution in [-0.4, -0.2) is 30.5 Å². The average molecular weight is 318 g/mol. The van der Waals surface area contributed by atoms with E-state index in [-0.39, 0.29) is 0 Å². The molecule has 0 aliphatic carbocycles. The molecule has 118 valence electrons. The highest BCUT2D eigenvalue weighted by Crippen LogP contribution is 2.15. The second-order valence-electron chi connectivity index (χ2n) is 5.40. The highest BCUT2D eigenvalue weighted by Gasteiger charge is 2.12. The number of nitrogens with two attached hydrogens (primary N) is 1. The van der Waals surface area contributed by atoms with E-state index in [4.69, 9.17) is 5.73 Å². The SMILES string of the molecule is NC(=O)c1ccccc1-n1cc(Cn2cnc3ccccc32)nn1. The second kappa shape index (κ2) is 5.62. The Morgan fingerprint density at radius 1 is 1.08 bits per heavy atom. The third-order valence-corrected chi connectivity index (χ3v) is 3.82. The Balaban J connectivity index is 1.67. The Kier molecular flexibility index (Phi) is 3.31. The largest absolute Gasteiger partial charge is 0.366 e. The Morgan fingerprint density at radius 2 is 1.88 bits per heavy atom. The Bertz CT molecular complexity index is 1030. The normalized spacial score (nSPS) is 11.0. The van der Waals surface area contributed by atoms with Crippen molar-refractivity contribution in [3.05, 3.63) is 72.3 Å². The topological polar surface area (TPSA) is 91.6 Å². The van der Waals surface area contributed by atoms with Crippen LogP contribution >= 0.6 is 0 Å². The van der Waals surface area contributed by atoms with Gasteiger partial charge >= 0.3 is 0 Å². The minimum absolute atomic E-state index is 0.405. The zero-order valence-electron chi connectivity index (χ0n) is 12.7. The number of amides is 1. The van der Waals surface area contributed by atoms with Crippen molar-refractivity contribution >= 4 is 16.9 Å². The van der Waals surface area contributed by atoms with Crippen molar-refractivity contribution in [1.82, 2.24) is 24.5 Å². The molecule has 2 aromatic carbocycles. The van der Waals surface area contributed by atoms with Crippen LogP contribution in [-0.2, 0) is 6.54 Å². The fourth-order valence-electron chi connectivity index (χ4n) is 2.68. The van der Waals surface area contributed by atoms with E-state index < -0.39 is 5.91 Å². The van der Waals surface area contributed by atoms with Gasteiger partial charge in [0.05, 0.1) is 41.4 Å². The summed E-state index contributed by atoms with van der Waals surface area (Å²) >= 11 is 0. The van der Waals surface area contributed by atoms with Crippen molar-refractivity contribution in [3.8, 4) is 5.69 Å². The van der Waals surface area contributed by atoms with Crippen LogP contribution < -0.4 is 5.73 Å². The second-order valence-corrected chi connectivity index (χ2v) is 5.40. The number of imidazole rings is 1. The molecule has 2 N–H and O–H groups in total. The van der Waals surface area contributed by atoms with E-state index in [1.165, 1.54) is 0 Å². The van der Waals surface area contributed by atoms with Crippen LogP contribution in [0.15, 0.2) is 61.1 Å². The molecule has 0 saturated heterocycles. The van der Waals surface area contributed by atoms with Gasteiger partial charge in [0.15, 0.2) is 0 Å². The molecule has 7 nitrogen and oxygen atoms in total. The first-order valence-corrected chi connectivity index (χ1v) is 7.42. The van der Waals surface area contributed by atoms with Gasteiger partial charge in [-0.25, -0.2) is 9.67 Å². The van der Waals surface area contributed by atoms with Gasteiger partial charge in [-0.2, -0.15) is 0 Å². The number of carbonyl (C=O) groups excluding carboxylic acids is 1. The van der Waals surface area contributed by atoms with Crippen molar-refractivity contribution < 1.29 is 4.79 Å². The summed E-state index contributed by atoms with van der Waals surface area (Å²) in [5.41, 5.74) is 9.16. The van der Waals surface area contributed by atoms with Crippen LogP contribution in [0.2, 0.25) is 0 Å². The van der Waals surface area contributed by atoms with E-state index in [2.05, 4.69) is 15.3 Å². The molecule has 0 aliphatic heterocycles. The molecule has 4 aromatic rings. The number of benzene rings is 2. The number of rotatable bonds is 4. The van der Waals surface area contributed by atoms with Gasteiger partial charge in [-0.05, 0) is 24.3 Å². The highest BCUT2D eigenvalue weighted by atomic mass is 16.1. The molecule has 0 spiro atoms. The average Bonchev–Trinajstić information content (AvgIpc) is 3.23. The summed E-state index contributed by atoms with van der Waals surface area (Å²) in [5.74, 6) is -0.497. The maximum absolute atomic E-state index is 11.6. The van der Waals surface area contributed by atoms with Crippen LogP contribution in [0.25, 0.3) is 16.7 Å². The summed E-state index contributed by atoms with van der Waals surface area (Å²) < 4.78 is 3.57. The number of carbonyl (C=O) groups is 1. The van der Waals surface area contributed by atoms with Gasteiger partial charge in [0.25, 0.3) is 5.91 Å². The summed E-state index contributed by atoms with van der Waals surface area (Å²) in [7, 11) is 0. The molecule has 0 unspecified atom stereocenters. The quantitative estimate of drug-likeness (QED) is 0.620. The van der Waals surface area contributed by atoms with Crippen molar-refractivity contribution in [2.45, 2.75) is 6.54 Å². The maximum Gasteiger partial charge on any atom is 0.250 e. The van der Waals surface area contributed by atoms with Gasteiger partial charge in [-0.1, -0.05) is 29.5 Å². The van der Waals surface area contributed by atoms with Gasteiger partial charge in [-0.15, -0.1) is 5.10 Å². The molecule has 2 aromatic heterocycles. The van der Waals surface area contributed by atoms with Crippen LogP contribution in [0, 0.1) is 0 Å². The highest BCUT2D eigenvalue weighted by molar-refractivity contribution is 5.96. The summed E-state index contributed by atoms with van der Waals surface area (Å²) in [6, 6.07) is 14.9. The predicted octanol–water partition coefficient (Wildman–Crippen LogP) is 1.76. The number of primary amides is 1. The van der Waals surface area contributed by atoms with E-state index >= 15 is 0 Å². The van der Waals surface area contributed by atoms with E-state index in [9.17, 15) is 4.79 Å². The number of aromatic nitrogens is 5. The fraction of sp³-hybridized carbons (Fsp3) is 0.0588. The first kappa shape index (κ1) is 14.1. The van der Waals surface area contributed by atoms with E-state index in [0.29, 0.717) is 17.8 Å². The smallest absolute Gasteiger partial charge is 0.250 e. The van der Waals surface area contributed by atoms with E-state index in [0.717, 1.165) is 16.7 Å². The van der Waals surface area contributed by atoms with Crippen LogP contribution in [0.5, 0.6) is 0 Å². The maximum atomic E-state index is 11.6. The molecule has 0 atom stereocenters. The fourth-order valence-corrected chi connectivity index (χ4v) is 2.68. The molecular formula is C17H14N6O. The van der Waals surface area contributed by atoms with Gasteiger partial charge in [0.1, 0.15) is 5.69 Å². The van der Waals surface area contributed by atoms with E-state index in [1.807, 2.05) is 34.9 Å². The first-order chi connectivity index (χ1) is 11.7. The van der Waals surface area contributed by atoms with Crippen molar-refractivity contribution in [1.29, 1.82) is 0 Å². The minimum Gasteiger partial charge on any atom is -0.366 e. The van der Waals surface area contributed by atoms with Gasteiger partial charge in [0.2, 0.25) is 0 Å². The zero-order valence-corrected chi connectivity index (χ0v) is 12.7. The van der Waals surface area contributed by atoms with Gasteiger partial charge < -0.3 is 10.3 Å². The summed E-state index contributed by atoms with van der Waals surface area (Å²) in [4.78, 5) is 15.9. The number of hydrogen-bond donors (Lipinski definition) is 1. The minimum atomic E-state index is -0.497. The molecule has 24 heavy (non-hydrogen) atoms. The molecule has 0 aliphatic rings. The van der Waals surface area contributed by atoms with Crippen LogP contribution in [0.3, 0.4) is 0 Å². The standard InChI is InChI=1S/C17H14N6O/c18-17(24)13-5-1-3-7-15(13)23-10-12(20-21-23)9-22-11-19-14-6-2-4-8-16(14)22/h1-8,10-11H,9H2,(H2,18,24). The Hall–Kier alpha value is -3.48. The van der Waals surface area contributed by atoms with Gasteiger partial charge in [-0.3, -0.25) is 4.79 Å². The molecule has 0 radical (unpaired) electrons. The lowest BCUT2D eigenvalue weighted by molar-refractivity contribution is 0.1000. The molecule has 1 amide bonds. The third kappa shape index (κ3) is 2.41. The molecule has 0 bridgehead atoms. The van der Waals surface area contributed by atoms with Crippen LogP contribution in [0.4, 0.5) is 0 Å². The zero-order chi connectivity index (χ0) is 16.5. The molecule has 2 heterocycles. The lowest BCUT2D eigenvalue weighted by Gasteiger charge is -2.04. The molecule has 7 heteroatoms. The van der Waals surface area contributed by atoms with Crippen molar-refractivity contribution in [2.24, 2.45) is 5.73 Å². The number of fused-ring (bicyclic) bond motifs is 1. The Labute approximate surface area is 137 Å². The van der Waals surface area contributed by atoms with E-state index in [1.54, 1.807) is 35.4 Å². The first-order valence-electron chi connectivity index (χ1n) is 7.42. The Morgan fingerprint density at radius 3 is 2.75 bits per heavy atom. The number of nitrogens with zero attached hydrogens (tertiary/aromatic N) is 5. The number of para-hydroxylation sites is 3. The molecule has 4 rings (SSSR count). The summed E-state index contributed by atoms with van der Waals surface area (Å²) in [5, 5.41) is 8.30. The predicted molar refractivity (Wildman–Crippen MR) is 88.7 cm³/mol. The van der Waals surface area contributed by atoms with Crippen molar-refractivity contribution in [3.63, 3.8) is 0 Å². The molecule has 0 fully saturated rings. The lowest BCUT2D eigenvalue weighted by Crippen LogP contribution is -2.14. The van der Waals surface area contributed by atoms with Crippen molar-refractivity contribution in [2.75, 3.05) is 0 Å². The number of hydrogen-bond acceptors (Lipinski definition) is 4. The lowest BCUT2D eigenvalue weighted by atomic mass is 10.1.